The summed E-state index contributed by atoms with van der Waals surface area (Å²) in [5, 5.41) is 3.17. The predicted octanol–water partition coefficient (Wildman–Crippen LogP) is 3.37. The molecule has 30 heavy (non-hydrogen) atoms. The van der Waals surface area contributed by atoms with E-state index in [2.05, 4.69) is 5.32 Å². The summed E-state index contributed by atoms with van der Waals surface area (Å²) in [6, 6.07) is 8.32. The van der Waals surface area contributed by atoms with Crippen LogP contribution >= 0.6 is 11.6 Å². The van der Waals surface area contributed by atoms with Gasteiger partial charge in [0.05, 0.1) is 50.8 Å². The monoisotopic (exact) mass is 434 g/mol. The van der Waals surface area contributed by atoms with Crippen LogP contribution in [0.5, 0.6) is 23.0 Å². The van der Waals surface area contributed by atoms with Gasteiger partial charge in [-0.2, -0.15) is 0 Å². The minimum atomic E-state index is -0.556. The highest BCUT2D eigenvalue weighted by molar-refractivity contribution is 6.32. The molecule has 0 unspecified atom stereocenters. The van der Waals surface area contributed by atoms with E-state index in [4.69, 9.17) is 30.5 Å². The van der Waals surface area contributed by atoms with Gasteiger partial charge in [0.1, 0.15) is 23.0 Å². The molecular formula is C21H23ClN2O6. The van der Waals surface area contributed by atoms with Gasteiger partial charge in [0.2, 0.25) is 11.8 Å². The number of methoxy groups -OCH3 is 4. The van der Waals surface area contributed by atoms with Crippen molar-refractivity contribution in [1.29, 1.82) is 0 Å². The summed E-state index contributed by atoms with van der Waals surface area (Å²) in [4.78, 5) is 27.1. The van der Waals surface area contributed by atoms with Crippen molar-refractivity contribution in [3.63, 3.8) is 0 Å². The molecule has 2 aromatic rings. The Morgan fingerprint density at radius 3 is 2.33 bits per heavy atom. The molecule has 2 aromatic carbocycles. The molecule has 1 aliphatic heterocycles. The van der Waals surface area contributed by atoms with Gasteiger partial charge in [-0.3, -0.25) is 9.59 Å². The lowest BCUT2D eigenvalue weighted by Crippen LogP contribution is -2.28. The molecule has 8 nitrogen and oxygen atoms in total. The van der Waals surface area contributed by atoms with Gasteiger partial charge in [0.15, 0.2) is 0 Å². The molecule has 9 heteroatoms. The summed E-state index contributed by atoms with van der Waals surface area (Å²) in [6.45, 7) is 0.210. The number of nitrogens with zero attached hydrogens (tertiary/aromatic N) is 1. The topological polar surface area (TPSA) is 86.3 Å². The molecule has 0 saturated carbocycles. The molecule has 2 amide bonds. The van der Waals surface area contributed by atoms with Crippen molar-refractivity contribution in [2.45, 2.75) is 6.42 Å². The van der Waals surface area contributed by atoms with Crippen LogP contribution in [0.4, 0.5) is 11.4 Å². The highest BCUT2D eigenvalue weighted by Gasteiger charge is 2.37. The number of carbonyl (C=O) groups is 2. The van der Waals surface area contributed by atoms with E-state index in [1.54, 1.807) is 37.4 Å². The molecule has 0 aliphatic carbocycles. The molecule has 1 heterocycles. The highest BCUT2D eigenvalue weighted by Crippen LogP contribution is 2.38. The molecule has 0 aromatic heterocycles. The maximum atomic E-state index is 12.9. The number of hydrogen-bond donors (Lipinski definition) is 1. The molecular weight excluding hydrogens is 412 g/mol. The standard InChI is InChI=1S/C21H23ClN2O6/c1-27-13-5-6-17(28-2)16(8-13)24-11-12(7-20(24)25)21(26)23-15-10-18(29-3)14(22)9-19(15)30-4/h5-6,8-10,12H,7,11H2,1-4H3,(H,23,26)/t12-/m1/s1. The third-order valence-electron chi connectivity index (χ3n) is 4.90. The van der Waals surface area contributed by atoms with Gasteiger partial charge < -0.3 is 29.2 Å². The Morgan fingerprint density at radius 2 is 1.70 bits per heavy atom. The Kier molecular flexibility index (Phi) is 6.56. The molecule has 0 spiro atoms. The predicted molar refractivity (Wildman–Crippen MR) is 113 cm³/mol. The van der Waals surface area contributed by atoms with Crippen LogP contribution in [-0.4, -0.2) is 46.8 Å². The lowest BCUT2D eigenvalue weighted by Gasteiger charge is -2.20. The third-order valence-corrected chi connectivity index (χ3v) is 5.20. The van der Waals surface area contributed by atoms with E-state index < -0.39 is 5.92 Å². The van der Waals surface area contributed by atoms with E-state index in [-0.39, 0.29) is 24.8 Å². The van der Waals surface area contributed by atoms with Crippen molar-refractivity contribution in [2.75, 3.05) is 45.2 Å². The Labute approximate surface area is 179 Å². The van der Waals surface area contributed by atoms with Gasteiger partial charge in [0.25, 0.3) is 0 Å². The van der Waals surface area contributed by atoms with Gasteiger partial charge in [-0.15, -0.1) is 0 Å². The first-order valence-corrected chi connectivity index (χ1v) is 9.54. The number of hydrogen-bond acceptors (Lipinski definition) is 6. The summed E-state index contributed by atoms with van der Waals surface area (Å²) in [6.07, 6.45) is 0.0687. The first-order valence-electron chi connectivity index (χ1n) is 9.16. The Balaban J connectivity index is 1.81. The lowest BCUT2D eigenvalue weighted by atomic mass is 10.1. The maximum Gasteiger partial charge on any atom is 0.229 e. The molecule has 1 atom stereocenters. The van der Waals surface area contributed by atoms with E-state index in [0.717, 1.165) is 0 Å². The molecule has 1 aliphatic rings. The number of carbonyl (C=O) groups excluding carboxylic acids is 2. The van der Waals surface area contributed by atoms with Gasteiger partial charge in [-0.05, 0) is 12.1 Å². The zero-order valence-corrected chi connectivity index (χ0v) is 17.9. The summed E-state index contributed by atoms with van der Waals surface area (Å²) in [5.74, 6) is 0.860. The number of rotatable bonds is 7. The number of benzene rings is 2. The van der Waals surface area contributed by atoms with E-state index in [9.17, 15) is 9.59 Å². The number of anilines is 2. The molecule has 1 N–H and O–H groups in total. The number of halogens is 1. The molecule has 3 rings (SSSR count). The summed E-state index contributed by atoms with van der Waals surface area (Å²) in [5.41, 5.74) is 0.969. The fourth-order valence-corrected chi connectivity index (χ4v) is 3.55. The fraction of sp³-hybridized carbons (Fsp3) is 0.333. The highest BCUT2D eigenvalue weighted by atomic mass is 35.5. The molecule has 0 radical (unpaired) electrons. The largest absolute Gasteiger partial charge is 0.497 e. The van der Waals surface area contributed by atoms with E-state index in [0.29, 0.717) is 39.4 Å². The van der Waals surface area contributed by atoms with Crippen molar-refractivity contribution in [2.24, 2.45) is 5.92 Å². The normalized spacial score (nSPS) is 15.7. The fourth-order valence-electron chi connectivity index (χ4n) is 3.32. The van der Waals surface area contributed by atoms with Crippen LogP contribution in [0.25, 0.3) is 0 Å². The molecule has 0 bridgehead atoms. The first kappa shape index (κ1) is 21.6. The Bertz CT molecular complexity index is 965. The van der Waals surface area contributed by atoms with Crippen LogP contribution in [0.15, 0.2) is 30.3 Å². The minimum Gasteiger partial charge on any atom is -0.497 e. The zero-order chi connectivity index (χ0) is 21.8. The van der Waals surface area contributed by atoms with Crippen LogP contribution < -0.4 is 29.2 Å². The smallest absolute Gasteiger partial charge is 0.229 e. The second-order valence-corrected chi connectivity index (χ2v) is 7.03. The van der Waals surface area contributed by atoms with Gasteiger partial charge >= 0.3 is 0 Å². The quantitative estimate of drug-likeness (QED) is 0.719. The lowest BCUT2D eigenvalue weighted by molar-refractivity contribution is -0.122. The van der Waals surface area contributed by atoms with Gasteiger partial charge in [-0.1, -0.05) is 11.6 Å². The minimum absolute atomic E-state index is 0.0687. The summed E-state index contributed by atoms with van der Waals surface area (Å²) >= 11 is 6.11. The molecule has 1 saturated heterocycles. The first-order chi connectivity index (χ1) is 14.4. The number of nitrogens with one attached hydrogen (secondary N) is 1. The zero-order valence-electron chi connectivity index (χ0n) is 17.2. The van der Waals surface area contributed by atoms with E-state index in [1.807, 2.05) is 0 Å². The maximum absolute atomic E-state index is 12.9. The average molecular weight is 435 g/mol. The van der Waals surface area contributed by atoms with Crippen LogP contribution in [0.2, 0.25) is 5.02 Å². The average Bonchev–Trinajstić information content (AvgIpc) is 3.15. The molecule has 1 fully saturated rings. The number of ether oxygens (including phenoxy) is 4. The van der Waals surface area contributed by atoms with Crippen molar-refractivity contribution in [3.8, 4) is 23.0 Å². The van der Waals surface area contributed by atoms with Crippen LogP contribution in [0.1, 0.15) is 6.42 Å². The van der Waals surface area contributed by atoms with Crippen molar-refractivity contribution < 1.29 is 28.5 Å². The summed E-state index contributed by atoms with van der Waals surface area (Å²) < 4.78 is 21.1. The van der Waals surface area contributed by atoms with Crippen molar-refractivity contribution in [3.05, 3.63) is 35.4 Å². The number of amides is 2. The van der Waals surface area contributed by atoms with E-state index >= 15 is 0 Å². The van der Waals surface area contributed by atoms with Gasteiger partial charge in [-0.25, -0.2) is 0 Å². The second kappa shape index (κ2) is 9.13. The van der Waals surface area contributed by atoms with Crippen LogP contribution in [0.3, 0.4) is 0 Å². The van der Waals surface area contributed by atoms with Crippen molar-refractivity contribution in [1.82, 2.24) is 0 Å². The Morgan fingerprint density at radius 1 is 1.00 bits per heavy atom. The SMILES string of the molecule is COc1ccc(OC)c(N2C[C@H](C(=O)Nc3cc(OC)c(Cl)cc3OC)CC2=O)c1. The molecule has 160 valence electrons. The second-order valence-electron chi connectivity index (χ2n) is 6.62. The van der Waals surface area contributed by atoms with E-state index in [1.165, 1.54) is 26.2 Å². The van der Waals surface area contributed by atoms with Crippen LogP contribution in [-0.2, 0) is 9.59 Å². The van der Waals surface area contributed by atoms with Crippen LogP contribution in [0, 0.1) is 5.92 Å². The summed E-state index contributed by atoms with van der Waals surface area (Å²) in [7, 11) is 6.02. The third kappa shape index (κ3) is 4.23. The van der Waals surface area contributed by atoms with Crippen molar-refractivity contribution >= 4 is 34.8 Å². The van der Waals surface area contributed by atoms with Gasteiger partial charge in [0, 0.05) is 31.2 Å². The Hall–Kier alpha value is -3.13.